The molecule has 1 aliphatic carbocycles. The normalized spacial score (nSPS) is 28.9. The number of hydrogen-bond donors (Lipinski definition) is 0. The number of nitrogens with zero attached hydrogens (tertiary/aromatic N) is 1. The van der Waals surface area contributed by atoms with E-state index in [-0.39, 0.29) is 11.7 Å². The Balaban J connectivity index is 2.67. The van der Waals surface area contributed by atoms with Gasteiger partial charge in [0.05, 0.1) is 6.07 Å². The Morgan fingerprint density at radius 2 is 2.24 bits per heavy atom. The molecule has 1 rings (SSSR count). The second-order valence-electron chi connectivity index (χ2n) is 6.39. The predicted octanol–water partition coefficient (Wildman–Crippen LogP) is 5.31. The fourth-order valence-corrected chi connectivity index (χ4v) is 3.84. The van der Waals surface area contributed by atoms with E-state index in [0.717, 1.165) is 19.3 Å². The summed E-state index contributed by atoms with van der Waals surface area (Å²) in [7, 11) is 0. The molecule has 1 fully saturated rings. The lowest BCUT2D eigenvalue weighted by Gasteiger charge is -2.38. The van der Waals surface area contributed by atoms with E-state index in [2.05, 4.69) is 33.9 Å². The molecule has 0 radical (unpaired) electrons. The van der Waals surface area contributed by atoms with Crippen LogP contribution >= 0.6 is 15.9 Å². The molecule has 0 amide bonds. The summed E-state index contributed by atoms with van der Waals surface area (Å²) < 4.78 is 11.2. The van der Waals surface area contributed by atoms with Crippen molar-refractivity contribution in [3.8, 4) is 6.07 Å². The smallest absolute Gasteiger partial charge is 0.156 e. The van der Waals surface area contributed by atoms with E-state index in [0.29, 0.717) is 6.61 Å². The lowest BCUT2D eigenvalue weighted by molar-refractivity contribution is -0.179. The van der Waals surface area contributed by atoms with Gasteiger partial charge >= 0.3 is 0 Å². The van der Waals surface area contributed by atoms with Crippen molar-refractivity contribution in [2.75, 3.05) is 6.61 Å². The summed E-state index contributed by atoms with van der Waals surface area (Å²) >= 11 is 3.51. The average Bonchev–Trinajstić information content (AvgIpc) is 2.46. The molecule has 2 unspecified atom stereocenters. The maximum absolute atomic E-state index is 9.48. The van der Waals surface area contributed by atoms with E-state index in [1.807, 2.05) is 20.8 Å². The number of nitriles is 1. The van der Waals surface area contributed by atoms with Gasteiger partial charge in [0.2, 0.25) is 0 Å². The van der Waals surface area contributed by atoms with Crippen LogP contribution in [0, 0.1) is 16.7 Å². The molecule has 0 heterocycles. The topological polar surface area (TPSA) is 42.2 Å². The van der Waals surface area contributed by atoms with Crippen molar-refractivity contribution in [2.24, 2.45) is 5.41 Å². The molecule has 3 atom stereocenters. The number of halogens is 1. The van der Waals surface area contributed by atoms with Gasteiger partial charge in [-0.3, -0.25) is 0 Å². The minimum absolute atomic E-state index is 0.179. The van der Waals surface area contributed by atoms with E-state index >= 15 is 0 Å². The first kappa shape index (κ1) is 18.7. The van der Waals surface area contributed by atoms with Gasteiger partial charge in [0.15, 0.2) is 11.9 Å². The lowest BCUT2D eigenvalue weighted by Crippen LogP contribution is -2.35. The summed E-state index contributed by atoms with van der Waals surface area (Å²) in [6.45, 7) is 8.55. The first-order valence-electron chi connectivity index (χ1n) is 7.89. The fourth-order valence-electron chi connectivity index (χ4n) is 3.06. The van der Waals surface area contributed by atoms with Crippen LogP contribution in [0.25, 0.3) is 0 Å². The summed E-state index contributed by atoms with van der Waals surface area (Å²) in [5.41, 5.74) is 0.858. The summed E-state index contributed by atoms with van der Waals surface area (Å²) in [5.74, 6) is 0. The van der Waals surface area contributed by atoms with E-state index < -0.39 is 5.60 Å². The van der Waals surface area contributed by atoms with Crippen LogP contribution in [0.1, 0.15) is 66.2 Å². The summed E-state index contributed by atoms with van der Waals surface area (Å²) in [5, 5.41) is 9.48. The van der Waals surface area contributed by atoms with Gasteiger partial charge in [0.25, 0.3) is 0 Å². The molecule has 1 aliphatic rings. The van der Waals surface area contributed by atoms with Crippen molar-refractivity contribution in [1.29, 1.82) is 5.26 Å². The van der Waals surface area contributed by atoms with Crippen LogP contribution in [0.2, 0.25) is 0 Å². The Morgan fingerprint density at radius 1 is 1.52 bits per heavy atom. The van der Waals surface area contributed by atoms with Crippen molar-refractivity contribution < 1.29 is 9.47 Å². The minimum Gasteiger partial charge on any atom is -0.353 e. The quantitative estimate of drug-likeness (QED) is 0.580. The molecular weight excluding hydrogens is 330 g/mol. The second-order valence-corrected chi connectivity index (χ2v) is 6.84. The highest BCUT2D eigenvalue weighted by atomic mass is 79.9. The van der Waals surface area contributed by atoms with Gasteiger partial charge in [0.1, 0.15) is 0 Å². The SMILES string of the molecule is CCOC(C)OC(C)(C#N)CC[C@@]1(C)CCCC/C1=C\Br. The first-order chi connectivity index (χ1) is 9.89. The standard InChI is InChI=1S/C17H28BrNO2/c1-5-20-14(2)21-17(4,13-19)11-10-16(3)9-7-6-8-15(16)12-18/h12,14H,5-11H2,1-4H3/b15-12+/t14?,16-,17?/m1/s1. The maximum Gasteiger partial charge on any atom is 0.156 e. The molecule has 120 valence electrons. The fraction of sp³-hybridized carbons (Fsp3) is 0.824. The first-order valence-corrected chi connectivity index (χ1v) is 8.81. The van der Waals surface area contributed by atoms with Crippen molar-refractivity contribution in [2.45, 2.75) is 78.1 Å². The Kier molecular flexibility index (Phi) is 7.39. The molecule has 0 saturated heterocycles. The molecule has 0 aromatic rings. The zero-order chi connectivity index (χ0) is 15.9. The minimum atomic E-state index is -0.785. The average molecular weight is 358 g/mol. The number of allylic oxidation sites excluding steroid dienone is 1. The molecule has 21 heavy (non-hydrogen) atoms. The van der Waals surface area contributed by atoms with Crippen LogP contribution < -0.4 is 0 Å². The van der Waals surface area contributed by atoms with Gasteiger partial charge in [-0.2, -0.15) is 5.26 Å². The van der Waals surface area contributed by atoms with Gasteiger partial charge in [-0.25, -0.2) is 0 Å². The van der Waals surface area contributed by atoms with E-state index in [1.165, 1.54) is 24.8 Å². The Bertz CT molecular complexity index is 404. The van der Waals surface area contributed by atoms with Gasteiger partial charge < -0.3 is 9.47 Å². The second kappa shape index (κ2) is 8.31. The van der Waals surface area contributed by atoms with Crippen LogP contribution in [-0.2, 0) is 9.47 Å². The largest absolute Gasteiger partial charge is 0.353 e. The molecule has 0 bridgehead atoms. The van der Waals surface area contributed by atoms with Crippen LogP contribution in [0.15, 0.2) is 10.6 Å². The molecule has 0 aliphatic heterocycles. The van der Waals surface area contributed by atoms with Crippen LogP contribution in [0.5, 0.6) is 0 Å². The van der Waals surface area contributed by atoms with Crippen LogP contribution in [-0.4, -0.2) is 18.5 Å². The van der Waals surface area contributed by atoms with Crippen molar-refractivity contribution >= 4 is 15.9 Å². The van der Waals surface area contributed by atoms with Crippen molar-refractivity contribution in [1.82, 2.24) is 0 Å². The predicted molar refractivity (Wildman–Crippen MR) is 89.0 cm³/mol. The maximum atomic E-state index is 9.48. The van der Waals surface area contributed by atoms with Gasteiger partial charge in [-0.05, 0) is 63.3 Å². The molecule has 1 saturated carbocycles. The number of rotatable bonds is 7. The molecular formula is C17H28BrNO2. The van der Waals surface area contributed by atoms with Crippen molar-refractivity contribution in [3.05, 3.63) is 10.6 Å². The highest BCUT2D eigenvalue weighted by molar-refractivity contribution is 9.11. The summed E-state index contributed by atoms with van der Waals surface area (Å²) in [6, 6.07) is 2.32. The van der Waals surface area contributed by atoms with Crippen LogP contribution in [0.4, 0.5) is 0 Å². The molecule has 0 spiro atoms. The zero-order valence-corrected chi connectivity index (χ0v) is 15.3. The van der Waals surface area contributed by atoms with Gasteiger partial charge in [-0.15, -0.1) is 0 Å². The van der Waals surface area contributed by atoms with Crippen molar-refractivity contribution in [3.63, 3.8) is 0 Å². The van der Waals surface area contributed by atoms with E-state index in [9.17, 15) is 5.26 Å². The lowest BCUT2D eigenvalue weighted by atomic mass is 9.68. The Labute approximate surface area is 137 Å². The molecule has 0 N–H and O–H groups in total. The van der Waals surface area contributed by atoms with Gasteiger partial charge in [-0.1, -0.05) is 34.8 Å². The van der Waals surface area contributed by atoms with Gasteiger partial charge in [0, 0.05) is 6.61 Å². The van der Waals surface area contributed by atoms with Crippen LogP contribution in [0.3, 0.4) is 0 Å². The summed E-state index contributed by atoms with van der Waals surface area (Å²) in [4.78, 5) is 2.08. The Morgan fingerprint density at radius 3 is 2.81 bits per heavy atom. The number of hydrogen-bond acceptors (Lipinski definition) is 3. The Hall–Kier alpha value is -0.370. The van der Waals surface area contributed by atoms with E-state index in [4.69, 9.17) is 9.47 Å². The monoisotopic (exact) mass is 357 g/mol. The third-order valence-electron chi connectivity index (χ3n) is 4.55. The third kappa shape index (κ3) is 5.39. The highest BCUT2D eigenvalue weighted by Gasteiger charge is 2.36. The summed E-state index contributed by atoms with van der Waals surface area (Å²) in [6.07, 6.45) is 6.22. The van der Waals surface area contributed by atoms with E-state index in [1.54, 1.807) is 0 Å². The molecule has 3 nitrogen and oxygen atoms in total. The molecule has 0 aromatic carbocycles. The highest BCUT2D eigenvalue weighted by Crippen LogP contribution is 2.45. The third-order valence-corrected chi connectivity index (χ3v) is 5.10. The molecule has 4 heteroatoms. The number of ether oxygens (including phenoxy) is 2. The zero-order valence-electron chi connectivity index (χ0n) is 13.7. The molecule has 0 aromatic heterocycles.